The number of nitrogens with zero attached hydrogens (tertiary/aromatic N) is 2. The van der Waals surface area contributed by atoms with Gasteiger partial charge in [-0.05, 0) is 47.4 Å². The number of halogens is 1. The molecule has 0 fully saturated rings. The van der Waals surface area contributed by atoms with Crippen molar-refractivity contribution in [3.63, 3.8) is 0 Å². The largest absolute Gasteiger partial charge is 0.279 e. The number of amides is 1. The Morgan fingerprint density at radius 3 is 2.15 bits per heavy atom. The summed E-state index contributed by atoms with van der Waals surface area (Å²) < 4.78 is 0.900. The van der Waals surface area contributed by atoms with Crippen molar-refractivity contribution < 1.29 is 4.79 Å². The van der Waals surface area contributed by atoms with Crippen LogP contribution in [0.25, 0.3) is 21.3 Å². The van der Waals surface area contributed by atoms with Crippen LogP contribution in [0.1, 0.15) is 21.5 Å². The maximum Gasteiger partial charge on any atom is 0.260 e. The second-order valence-electron chi connectivity index (χ2n) is 7.86. The van der Waals surface area contributed by atoms with Gasteiger partial charge in [0.05, 0.1) is 21.8 Å². The predicted octanol–water partition coefficient (Wildman–Crippen LogP) is 7.77. The molecule has 5 rings (SSSR count). The quantitative estimate of drug-likeness (QED) is 0.264. The van der Waals surface area contributed by atoms with Gasteiger partial charge >= 0.3 is 0 Å². The van der Waals surface area contributed by atoms with E-state index in [-0.39, 0.29) is 5.91 Å². The highest BCUT2D eigenvalue weighted by Gasteiger charge is 2.23. The Labute approximate surface area is 201 Å². The molecule has 5 aromatic rings. The molecule has 0 bridgehead atoms. The molecule has 1 aromatic heterocycles. The summed E-state index contributed by atoms with van der Waals surface area (Å²) in [7, 11) is 0. The van der Waals surface area contributed by atoms with Crippen molar-refractivity contribution in [2.24, 2.45) is 0 Å². The van der Waals surface area contributed by atoms with Gasteiger partial charge in [0, 0.05) is 5.56 Å². The number of fused-ring (bicyclic) bond motifs is 1. The zero-order valence-corrected chi connectivity index (χ0v) is 19.6. The average molecular weight is 469 g/mol. The lowest BCUT2D eigenvalue weighted by Gasteiger charge is -2.20. The van der Waals surface area contributed by atoms with Crippen LogP contribution in [-0.4, -0.2) is 10.9 Å². The third-order valence-corrected chi connectivity index (χ3v) is 7.12. The molecule has 162 valence electrons. The molecule has 3 nitrogen and oxygen atoms in total. The van der Waals surface area contributed by atoms with Crippen molar-refractivity contribution in [1.82, 2.24) is 4.98 Å². The maximum absolute atomic E-state index is 13.7. The smallest absolute Gasteiger partial charge is 0.260 e. The summed E-state index contributed by atoms with van der Waals surface area (Å²) in [5.41, 5.74) is 5.73. The minimum absolute atomic E-state index is 0.0914. The molecule has 0 radical (unpaired) electrons. The molecule has 0 N–H and O–H groups in total. The van der Waals surface area contributed by atoms with Crippen LogP contribution in [0, 0.1) is 6.92 Å². The fourth-order valence-corrected chi connectivity index (χ4v) is 5.10. The van der Waals surface area contributed by atoms with Gasteiger partial charge in [0.25, 0.3) is 5.91 Å². The molecule has 0 aliphatic carbocycles. The van der Waals surface area contributed by atoms with Crippen molar-refractivity contribution >= 4 is 44.2 Å². The predicted molar refractivity (Wildman–Crippen MR) is 138 cm³/mol. The fourth-order valence-electron chi connectivity index (χ4n) is 3.79. The molecule has 5 heteroatoms. The van der Waals surface area contributed by atoms with Gasteiger partial charge in [0.15, 0.2) is 5.13 Å². The van der Waals surface area contributed by atoms with Crippen molar-refractivity contribution in [3.8, 4) is 11.1 Å². The highest BCUT2D eigenvalue weighted by atomic mass is 35.5. The van der Waals surface area contributed by atoms with Gasteiger partial charge in [-0.25, -0.2) is 4.98 Å². The molecule has 4 aromatic carbocycles. The van der Waals surface area contributed by atoms with E-state index in [0.29, 0.717) is 22.3 Å². The number of carbonyl (C=O) groups is 1. The number of rotatable bonds is 5. The first-order valence-electron chi connectivity index (χ1n) is 10.7. The fraction of sp³-hybridized carbons (Fsp3) is 0.0714. The van der Waals surface area contributed by atoms with Gasteiger partial charge in [-0.15, -0.1) is 0 Å². The van der Waals surface area contributed by atoms with Crippen molar-refractivity contribution in [3.05, 3.63) is 119 Å². The molecule has 0 aliphatic heterocycles. The Hall–Kier alpha value is -3.47. The van der Waals surface area contributed by atoms with Gasteiger partial charge in [0.1, 0.15) is 0 Å². The monoisotopic (exact) mass is 468 g/mol. The molecule has 33 heavy (non-hydrogen) atoms. The number of anilines is 1. The molecule has 1 amide bonds. The van der Waals surface area contributed by atoms with Crippen LogP contribution >= 0.6 is 22.9 Å². The van der Waals surface area contributed by atoms with Crippen molar-refractivity contribution in [2.45, 2.75) is 13.5 Å². The molecule has 0 atom stereocenters. The summed E-state index contributed by atoms with van der Waals surface area (Å²) in [5.74, 6) is -0.0914. The van der Waals surface area contributed by atoms with E-state index < -0.39 is 0 Å². The summed E-state index contributed by atoms with van der Waals surface area (Å²) in [4.78, 5) is 20.3. The van der Waals surface area contributed by atoms with E-state index >= 15 is 0 Å². The van der Waals surface area contributed by atoms with Crippen LogP contribution in [0.15, 0.2) is 97.1 Å². The highest BCUT2D eigenvalue weighted by Crippen LogP contribution is 2.36. The topological polar surface area (TPSA) is 33.2 Å². The number of aromatic nitrogens is 1. The zero-order valence-electron chi connectivity index (χ0n) is 18.0. The standard InChI is InChI=1S/C28H21ClN2OS/c1-19-12-17-24(29)26-25(19)30-28(33-26)31(18-20-8-4-2-5-9-20)27(32)23-15-13-22(14-16-23)21-10-6-3-7-11-21/h2-17H,18H2,1H3. The summed E-state index contributed by atoms with van der Waals surface area (Å²) in [6.07, 6.45) is 0. The summed E-state index contributed by atoms with van der Waals surface area (Å²) in [5, 5.41) is 1.29. The summed E-state index contributed by atoms with van der Waals surface area (Å²) in [6, 6.07) is 31.7. The van der Waals surface area contributed by atoms with Gasteiger partial charge in [0.2, 0.25) is 0 Å². The Morgan fingerprint density at radius 1 is 0.848 bits per heavy atom. The number of hydrogen-bond acceptors (Lipinski definition) is 3. The number of hydrogen-bond donors (Lipinski definition) is 0. The second kappa shape index (κ2) is 9.18. The normalized spacial score (nSPS) is 11.0. The lowest BCUT2D eigenvalue weighted by atomic mass is 10.0. The van der Waals surface area contributed by atoms with Crippen LogP contribution in [0.5, 0.6) is 0 Å². The SMILES string of the molecule is Cc1ccc(Cl)c2sc(N(Cc3ccccc3)C(=O)c3ccc(-c4ccccc4)cc3)nc12. The molecule has 0 unspecified atom stereocenters. The van der Waals surface area contributed by atoms with Gasteiger partial charge in [-0.1, -0.05) is 102 Å². The molecular formula is C28H21ClN2OS. The number of thiazole rings is 1. The molecule has 0 spiro atoms. The Balaban J connectivity index is 1.54. The maximum atomic E-state index is 13.7. The lowest BCUT2D eigenvalue weighted by Crippen LogP contribution is -2.30. The summed E-state index contributed by atoms with van der Waals surface area (Å²) in [6.45, 7) is 2.43. The summed E-state index contributed by atoms with van der Waals surface area (Å²) >= 11 is 7.90. The van der Waals surface area contributed by atoms with Gasteiger partial charge < -0.3 is 0 Å². The van der Waals surface area contributed by atoms with E-state index in [2.05, 4.69) is 12.1 Å². The number of benzene rings is 4. The molecule has 0 saturated heterocycles. The molecule has 1 heterocycles. The van der Waals surface area contributed by atoms with Crippen LogP contribution in [-0.2, 0) is 6.54 Å². The van der Waals surface area contributed by atoms with E-state index in [1.165, 1.54) is 11.3 Å². The van der Waals surface area contributed by atoms with Gasteiger partial charge in [-0.3, -0.25) is 9.69 Å². The van der Waals surface area contributed by atoms with Crippen LogP contribution in [0.4, 0.5) is 5.13 Å². The van der Waals surface area contributed by atoms with Crippen LogP contribution in [0.2, 0.25) is 5.02 Å². The van der Waals surface area contributed by atoms with Crippen molar-refractivity contribution in [1.29, 1.82) is 0 Å². The second-order valence-corrected chi connectivity index (χ2v) is 9.24. The van der Waals surface area contributed by atoms with E-state index in [0.717, 1.165) is 32.5 Å². The third-order valence-electron chi connectivity index (χ3n) is 5.58. The molecule has 0 saturated carbocycles. The first-order chi connectivity index (χ1) is 16.1. The molecule has 0 aliphatic rings. The highest BCUT2D eigenvalue weighted by molar-refractivity contribution is 7.23. The van der Waals surface area contributed by atoms with E-state index in [4.69, 9.17) is 16.6 Å². The first-order valence-corrected chi connectivity index (χ1v) is 11.9. The Bertz CT molecular complexity index is 1370. The molecular weight excluding hydrogens is 448 g/mol. The Kier molecular flexibility index (Phi) is 5.95. The minimum atomic E-state index is -0.0914. The zero-order chi connectivity index (χ0) is 22.8. The number of carbonyl (C=O) groups excluding carboxylic acids is 1. The van der Waals surface area contributed by atoms with E-state index in [9.17, 15) is 4.79 Å². The Morgan fingerprint density at radius 2 is 1.48 bits per heavy atom. The number of aryl methyl sites for hydroxylation is 1. The van der Waals surface area contributed by atoms with Gasteiger partial charge in [-0.2, -0.15) is 0 Å². The van der Waals surface area contributed by atoms with Crippen LogP contribution in [0.3, 0.4) is 0 Å². The first kappa shape index (κ1) is 21.4. The minimum Gasteiger partial charge on any atom is -0.279 e. The lowest BCUT2D eigenvalue weighted by molar-refractivity contribution is 0.0985. The van der Waals surface area contributed by atoms with E-state index in [1.807, 2.05) is 91.9 Å². The average Bonchev–Trinajstić information content (AvgIpc) is 3.32. The van der Waals surface area contributed by atoms with Crippen molar-refractivity contribution in [2.75, 3.05) is 4.90 Å². The van der Waals surface area contributed by atoms with E-state index in [1.54, 1.807) is 4.90 Å². The third kappa shape index (κ3) is 4.40. The van der Waals surface area contributed by atoms with Crippen LogP contribution < -0.4 is 4.90 Å².